The molecular weight excluding hydrogens is 346 g/mol. The molecule has 3 rings (SSSR count). The van der Waals surface area contributed by atoms with Gasteiger partial charge in [-0.3, -0.25) is 10.1 Å². The van der Waals surface area contributed by atoms with E-state index in [4.69, 9.17) is 0 Å². The van der Waals surface area contributed by atoms with E-state index in [0.29, 0.717) is 11.4 Å². The maximum absolute atomic E-state index is 12.2. The molecule has 0 aliphatic carbocycles. The van der Waals surface area contributed by atoms with Crippen LogP contribution in [0.15, 0.2) is 29.2 Å². The zero-order chi connectivity index (χ0) is 17.2. The molecule has 1 aromatic carbocycles. The molecule has 0 aromatic heterocycles. The number of thioether (sulfide) groups is 1. The minimum atomic E-state index is -3.18. The molecule has 2 heterocycles. The van der Waals surface area contributed by atoms with Gasteiger partial charge < -0.3 is 10.6 Å². The number of carbonyl (C=O) groups excluding carboxylic acids is 1. The Morgan fingerprint density at radius 1 is 1.25 bits per heavy atom. The third-order valence-corrected chi connectivity index (χ3v) is 6.85. The third-order valence-electron chi connectivity index (χ3n) is 4.35. The number of carbonyl (C=O) groups is 1. The summed E-state index contributed by atoms with van der Waals surface area (Å²) >= 11 is 1.72. The zero-order valence-corrected chi connectivity index (χ0v) is 15.3. The summed E-state index contributed by atoms with van der Waals surface area (Å²) in [6, 6.07) is 6.95. The minimum absolute atomic E-state index is 0.0360. The fraction of sp³-hybridized carbons (Fsp3) is 0.562. The van der Waals surface area contributed by atoms with E-state index in [2.05, 4.69) is 16.0 Å². The molecule has 2 aliphatic heterocycles. The van der Waals surface area contributed by atoms with E-state index in [1.165, 1.54) is 6.26 Å². The zero-order valence-electron chi connectivity index (χ0n) is 13.6. The molecule has 3 N–H and O–H groups in total. The second-order valence-corrected chi connectivity index (χ2v) is 9.61. The Hall–Kier alpha value is -1.09. The van der Waals surface area contributed by atoms with E-state index in [1.54, 1.807) is 23.9 Å². The summed E-state index contributed by atoms with van der Waals surface area (Å²) in [6.07, 6.45) is 3.14. The summed E-state index contributed by atoms with van der Waals surface area (Å²) in [6.45, 7) is 1.42. The second-order valence-electron chi connectivity index (χ2n) is 6.28. The first-order chi connectivity index (χ1) is 11.4. The molecular formula is C16H23N3O3S2. The van der Waals surface area contributed by atoms with Crippen LogP contribution in [0, 0.1) is 0 Å². The van der Waals surface area contributed by atoms with Crippen LogP contribution in [0.3, 0.4) is 0 Å². The highest BCUT2D eigenvalue weighted by molar-refractivity contribution is 8.00. The van der Waals surface area contributed by atoms with Gasteiger partial charge in [0.25, 0.3) is 0 Å². The Bertz CT molecular complexity index is 685. The molecule has 2 aliphatic rings. The Morgan fingerprint density at radius 3 is 2.62 bits per heavy atom. The number of benzene rings is 1. The molecule has 2 fully saturated rings. The van der Waals surface area contributed by atoms with Crippen LogP contribution in [0.4, 0.5) is 0 Å². The molecule has 1 aromatic rings. The van der Waals surface area contributed by atoms with Gasteiger partial charge in [0.15, 0.2) is 9.84 Å². The van der Waals surface area contributed by atoms with Gasteiger partial charge in [-0.1, -0.05) is 12.1 Å². The van der Waals surface area contributed by atoms with Gasteiger partial charge in [-0.15, -0.1) is 11.8 Å². The van der Waals surface area contributed by atoms with Crippen LogP contribution in [0.5, 0.6) is 0 Å². The van der Waals surface area contributed by atoms with E-state index >= 15 is 0 Å². The smallest absolute Gasteiger partial charge is 0.234 e. The van der Waals surface area contributed by atoms with E-state index in [1.807, 2.05) is 12.1 Å². The van der Waals surface area contributed by atoms with Crippen molar-refractivity contribution in [1.29, 1.82) is 0 Å². The van der Waals surface area contributed by atoms with Gasteiger partial charge in [0.2, 0.25) is 5.91 Å². The SMILES string of the molecule is CS(=O)(=O)c1ccc(C2CNCC(NC(=O)C3CCCS3)N2)cc1. The van der Waals surface area contributed by atoms with Crippen molar-refractivity contribution >= 4 is 27.5 Å². The van der Waals surface area contributed by atoms with E-state index in [0.717, 1.165) is 30.7 Å². The third kappa shape index (κ3) is 4.30. The molecule has 6 nitrogen and oxygen atoms in total. The van der Waals surface area contributed by atoms with Crippen molar-refractivity contribution in [3.63, 3.8) is 0 Å². The highest BCUT2D eigenvalue weighted by Crippen LogP contribution is 2.26. The summed E-state index contributed by atoms with van der Waals surface area (Å²) in [7, 11) is -3.18. The van der Waals surface area contributed by atoms with Crippen LogP contribution in [0.2, 0.25) is 0 Å². The first kappa shape index (κ1) is 17.7. The standard InChI is InChI=1S/C16H23N3O3S2/c1-24(21,22)12-6-4-11(5-7-12)13-9-17-10-15(18-13)19-16(20)14-3-2-8-23-14/h4-7,13-15,17-18H,2-3,8-10H2,1H3,(H,19,20). The number of rotatable bonds is 4. The molecule has 2 saturated heterocycles. The Balaban J connectivity index is 1.61. The molecule has 24 heavy (non-hydrogen) atoms. The molecule has 3 unspecified atom stereocenters. The first-order valence-electron chi connectivity index (χ1n) is 8.12. The lowest BCUT2D eigenvalue weighted by molar-refractivity contribution is -0.121. The van der Waals surface area contributed by atoms with E-state index in [-0.39, 0.29) is 23.4 Å². The first-order valence-corrected chi connectivity index (χ1v) is 11.1. The summed E-state index contributed by atoms with van der Waals surface area (Å²) in [5.74, 6) is 1.16. The number of piperazine rings is 1. The highest BCUT2D eigenvalue weighted by atomic mass is 32.2. The average Bonchev–Trinajstić information content (AvgIpc) is 3.09. The largest absolute Gasteiger partial charge is 0.339 e. The van der Waals surface area contributed by atoms with Crippen molar-refractivity contribution in [2.45, 2.75) is 35.2 Å². The molecule has 0 saturated carbocycles. The van der Waals surface area contributed by atoms with Crippen molar-refractivity contribution < 1.29 is 13.2 Å². The van der Waals surface area contributed by atoms with Gasteiger partial charge in [-0.05, 0) is 36.3 Å². The van der Waals surface area contributed by atoms with Crippen LogP contribution in [0.1, 0.15) is 24.4 Å². The molecule has 132 valence electrons. The fourth-order valence-corrected chi connectivity index (χ4v) is 4.84. The molecule has 8 heteroatoms. The normalized spacial score (nSPS) is 27.8. The van der Waals surface area contributed by atoms with Crippen LogP contribution in [-0.4, -0.2) is 50.8 Å². The van der Waals surface area contributed by atoms with Gasteiger partial charge in [0, 0.05) is 25.4 Å². The van der Waals surface area contributed by atoms with Gasteiger partial charge in [0.05, 0.1) is 16.3 Å². The molecule has 0 radical (unpaired) electrons. The number of hydrogen-bond acceptors (Lipinski definition) is 6. The minimum Gasteiger partial charge on any atom is -0.339 e. The number of hydrogen-bond donors (Lipinski definition) is 3. The van der Waals surface area contributed by atoms with Crippen molar-refractivity contribution in [1.82, 2.24) is 16.0 Å². The Morgan fingerprint density at radius 2 is 2.00 bits per heavy atom. The quantitative estimate of drug-likeness (QED) is 0.723. The van der Waals surface area contributed by atoms with Gasteiger partial charge in [0.1, 0.15) is 0 Å². The highest BCUT2D eigenvalue weighted by Gasteiger charge is 2.28. The number of nitrogens with one attached hydrogen (secondary N) is 3. The van der Waals surface area contributed by atoms with Crippen LogP contribution < -0.4 is 16.0 Å². The van der Waals surface area contributed by atoms with E-state index < -0.39 is 9.84 Å². The van der Waals surface area contributed by atoms with Crippen molar-refractivity contribution in [2.75, 3.05) is 25.1 Å². The molecule has 0 bridgehead atoms. The predicted octanol–water partition coefficient (Wildman–Crippen LogP) is 0.662. The van der Waals surface area contributed by atoms with Crippen molar-refractivity contribution in [2.24, 2.45) is 0 Å². The molecule has 3 atom stereocenters. The summed E-state index contributed by atoms with van der Waals surface area (Å²) in [5.41, 5.74) is 1.00. The topological polar surface area (TPSA) is 87.3 Å². The van der Waals surface area contributed by atoms with Crippen LogP contribution in [0.25, 0.3) is 0 Å². The lowest BCUT2D eigenvalue weighted by atomic mass is 10.0. The maximum Gasteiger partial charge on any atom is 0.234 e. The monoisotopic (exact) mass is 369 g/mol. The van der Waals surface area contributed by atoms with Crippen molar-refractivity contribution in [3.8, 4) is 0 Å². The van der Waals surface area contributed by atoms with Gasteiger partial charge in [-0.2, -0.15) is 0 Å². The number of sulfone groups is 1. The lowest BCUT2D eigenvalue weighted by Crippen LogP contribution is -2.59. The second kappa shape index (κ2) is 7.43. The summed E-state index contributed by atoms with van der Waals surface area (Å²) < 4.78 is 23.1. The van der Waals surface area contributed by atoms with Crippen LogP contribution in [-0.2, 0) is 14.6 Å². The van der Waals surface area contributed by atoms with Crippen molar-refractivity contribution in [3.05, 3.63) is 29.8 Å². The fourth-order valence-electron chi connectivity index (χ4n) is 3.04. The molecule has 0 spiro atoms. The van der Waals surface area contributed by atoms with E-state index in [9.17, 15) is 13.2 Å². The Labute approximate surface area is 147 Å². The lowest BCUT2D eigenvalue weighted by Gasteiger charge is -2.33. The summed E-state index contributed by atoms with van der Waals surface area (Å²) in [4.78, 5) is 12.6. The maximum atomic E-state index is 12.2. The average molecular weight is 370 g/mol. The summed E-state index contributed by atoms with van der Waals surface area (Å²) in [5, 5.41) is 9.89. The molecule has 1 amide bonds. The van der Waals surface area contributed by atoms with Gasteiger partial charge in [-0.25, -0.2) is 8.42 Å². The Kier molecular flexibility index (Phi) is 5.49. The predicted molar refractivity (Wildman–Crippen MR) is 95.7 cm³/mol. The van der Waals surface area contributed by atoms with Gasteiger partial charge >= 0.3 is 0 Å². The van der Waals surface area contributed by atoms with Crippen LogP contribution >= 0.6 is 11.8 Å². The number of amides is 1.